The smallest absolute Gasteiger partial charge is 0.251 e. The molecule has 0 spiro atoms. The first kappa shape index (κ1) is 23.8. The molecule has 0 saturated carbocycles. The van der Waals surface area contributed by atoms with E-state index >= 15 is 0 Å². The van der Waals surface area contributed by atoms with Gasteiger partial charge in [-0.3, -0.25) is 9.59 Å². The van der Waals surface area contributed by atoms with Crippen molar-refractivity contribution >= 4 is 17.5 Å². The summed E-state index contributed by atoms with van der Waals surface area (Å²) in [5, 5.41) is 5.84. The molecular weight excluding hydrogens is 400 g/mol. The Bertz CT molecular complexity index is 910. The van der Waals surface area contributed by atoms with Crippen LogP contribution in [0.5, 0.6) is 0 Å². The van der Waals surface area contributed by atoms with Gasteiger partial charge < -0.3 is 20.4 Å². The second-order valence-electron chi connectivity index (χ2n) is 9.53. The van der Waals surface area contributed by atoms with Crippen LogP contribution in [-0.2, 0) is 16.8 Å². The van der Waals surface area contributed by atoms with Crippen LogP contribution >= 0.6 is 0 Å². The quantitative estimate of drug-likeness (QED) is 0.700. The summed E-state index contributed by atoms with van der Waals surface area (Å²) >= 11 is 0. The van der Waals surface area contributed by atoms with Crippen LogP contribution in [0.15, 0.2) is 48.5 Å². The van der Waals surface area contributed by atoms with Crippen molar-refractivity contribution in [1.82, 2.24) is 15.5 Å². The number of nitrogens with one attached hydrogen (secondary N) is 2. The van der Waals surface area contributed by atoms with Crippen LogP contribution in [0.4, 0.5) is 5.69 Å². The standard InChI is InChI=1S/C26H36N4O2/c1-26(2,3)22-11-9-20(10-12-22)25(32)27-14-13-24(31)28-19-21-7-5-6-8-23(21)30-17-15-29(4)16-18-30/h5-12H,13-19H2,1-4H3,(H,27,32)(H,28,31). The minimum Gasteiger partial charge on any atom is -0.369 e. The molecule has 1 aliphatic rings. The van der Waals surface area contributed by atoms with Crippen molar-refractivity contribution in [2.75, 3.05) is 44.7 Å². The van der Waals surface area contributed by atoms with Gasteiger partial charge in [-0.15, -0.1) is 0 Å². The zero-order valence-electron chi connectivity index (χ0n) is 19.8. The Morgan fingerprint density at radius 3 is 2.22 bits per heavy atom. The summed E-state index contributed by atoms with van der Waals surface area (Å²) in [5.41, 5.74) is 4.15. The highest BCUT2D eigenvalue weighted by Crippen LogP contribution is 2.23. The summed E-state index contributed by atoms with van der Waals surface area (Å²) in [6.07, 6.45) is 0.252. The first-order valence-corrected chi connectivity index (χ1v) is 11.4. The lowest BCUT2D eigenvalue weighted by Crippen LogP contribution is -2.45. The topological polar surface area (TPSA) is 64.7 Å². The number of benzene rings is 2. The van der Waals surface area contributed by atoms with E-state index in [-0.39, 0.29) is 23.7 Å². The third kappa shape index (κ3) is 6.57. The number of rotatable bonds is 7. The maximum Gasteiger partial charge on any atom is 0.251 e. The lowest BCUT2D eigenvalue weighted by Gasteiger charge is -2.35. The monoisotopic (exact) mass is 436 g/mol. The minimum absolute atomic E-state index is 0.0516. The fourth-order valence-corrected chi connectivity index (χ4v) is 3.81. The van der Waals surface area contributed by atoms with E-state index in [1.807, 2.05) is 36.4 Å². The van der Waals surface area contributed by atoms with Gasteiger partial charge in [0.1, 0.15) is 0 Å². The maximum atomic E-state index is 12.4. The Hall–Kier alpha value is -2.86. The Morgan fingerprint density at radius 2 is 1.56 bits per heavy atom. The van der Waals surface area contributed by atoms with E-state index in [1.54, 1.807) is 0 Å². The van der Waals surface area contributed by atoms with E-state index in [2.05, 4.69) is 60.4 Å². The normalized spacial score (nSPS) is 14.8. The molecule has 2 aromatic carbocycles. The summed E-state index contributed by atoms with van der Waals surface area (Å²) < 4.78 is 0. The molecule has 172 valence electrons. The average Bonchev–Trinajstić information content (AvgIpc) is 2.78. The third-order valence-corrected chi connectivity index (χ3v) is 5.96. The molecule has 2 N–H and O–H groups in total. The predicted octanol–water partition coefficient (Wildman–Crippen LogP) is 3.17. The zero-order valence-corrected chi connectivity index (χ0v) is 19.8. The number of hydrogen-bond donors (Lipinski definition) is 2. The zero-order chi connectivity index (χ0) is 23.1. The van der Waals surface area contributed by atoms with Crippen molar-refractivity contribution in [2.24, 2.45) is 0 Å². The molecule has 2 amide bonds. The molecule has 0 aliphatic carbocycles. The Kier molecular flexibility index (Phi) is 7.91. The molecule has 0 unspecified atom stereocenters. The van der Waals surface area contributed by atoms with E-state index in [9.17, 15) is 9.59 Å². The van der Waals surface area contributed by atoms with Crippen LogP contribution in [0, 0.1) is 0 Å². The van der Waals surface area contributed by atoms with E-state index in [1.165, 1.54) is 11.3 Å². The van der Waals surface area contributed by atoms with Crippen LogP contribution in [0.3, 0.4) is 0 Å². The van der Waals surface area contributed by atoms with Crippen molar-refractivity contribution in [2.45, 2.75) is 39.2 Å². The van der Waals surface area contributed by atoms with Crippen LogP contribution in [0.1, 0.15) is 48.7 Å². The molecule has 1 fully saturated rings. The van der Waals surface area contributed by atoms with Crippen LogP contribution in [0.2, 0.25) is 0 Å². The second kappa shape index (κ2) is 10.6. The Balaban J connectivity index is 1.44. The molecule has 1 heterocycles. The van der Waals surface area contributed by atoms with Crippen LogP contribution < -0.4 is 15.5 Å². The number of anilines is 1. The van der Waals surface area contributed by atoms with Gasteiger partial charge in [0.25, 0.3) is 5.91 Å². The molecule has 2 aromatic rings. The van der Waals surface area contributed by atoms with Gasteiger partial charge in [-0.2, -0.15) is 0 Å². The Labute approximate surface area is 192 Å². The first-order valence-electron chi connectivity index (χ1n) is 11.4. The summed E-state index contributed by atoms with van der Waals surface area (Å²) in [6.45, 7) is 11.3. The van der Waals surface area contributed by atoms with Gasteiger partial charge in [-0.1, -0.05) is 51.1 Å². The molecule has 1 saturated heterocycles. The molecular formula is C26H36N4O2. The van der Waals surface area contributed by atoms with E-state index in [4.69, 9.17) is 0 Å². The number of amides is 2. The van der Waals surface area contributed by atoms with Crippen LogP contribution in [-0.4, -0.2) is 56.5 Å². The fourth-order valence-electron chi connectivity index (χ4n) is 3.81. The van der Waals surface area contributed by atoms with Crippen molar-refractivity contribution in [3.05, 3.63) is 65.2 Å². The highest BCUT2D eigenvalue weighted by Gasteiger charge is 2.17. The molecule has 0 aromatic heterocycles. The number of carbonyl (C=O) groups is 2. The van der Waals surface area contributed by atoms with Gasteiger partial charge in [-0.05, 0) is 41.8 Å². The van der Waals surface area contributed by atoms with Gasteiger partial charge in [0.2, 0.25) is 5.91 Å². The predicted molar refractivity (Wildman–Crippen MR) is 130 cm³/mol. The summed E-state index contributed by atoms with van der Waals surface area (Å²) in [6, 6.07) is 15.9. The van der Waals surface area contributed by atoms with Gasteiger partial charge in [-0.25, -0.2) is 0 Å². The highest BCUT2D eigenvalue weighted by molar-refractivity contribution is 5.94. The first-order chi connectivity index (χ1) is 15.2. The number of carbonyl (C=O) groups excluding carboxylic acids is 2. The van der Waals surface area contributed by atoms with Crippen molar-refractivity contribution in [3.63, 3.8) is 0 Å². The van der Waals surface area contributed by atoms with Gasteiger partial charge in [0.15, 0.2) is 0 Å². The van der Waals surface area contributed by atoms with Gasteiger partial charge >= 0.3 is 0 Å². The van der Waals surface area contributed by atoms with Crippen LogP contribution in [0.25, 0.3) is 0 Å². The maximum absolute atomic E-state index is 12.4. The number of para-hydroxylation sites is 1. The molecule has 32 heavy (non-hydrogen) atoms. The summed E-state index contributed by atoms with van der Waals surface area (Å²) in [5.74, 6) is -0.222. The van der Waals surface area contributed by atoms with Crippen molar-refractivity contribution in [3.8, 4) is 0 Å². The lowest BCUT2D eigenvalue weighted by molar-refractivity contribution is -0.121. The fraction of sp³-hybridized carbons (Fsp3) is 0.462. The Morgan fingerprint density at radius 1 is 0.906 bits per heavy atom. The van der Waals surface area contributed by atoms with E-state index < -0.39 is 0 Å². The van der Waals surface area contributed by atoms with Crippen molar-refractivity contribution in [1.29, 1.82) is 0 Å². The third-order valence-electron chi connectivity index (χ3n) is 5.96. The molecule has 0 bridgehead atoms. The molecule has 1 aliphatic heterocycles. The second-order valence-corrected chi connectivity index (χ2v) is 9.53. The average molecular weight is 437 g/mol. The summed E-state index contributed by atoms with van der Waals surface area (Å²) in [7, 11) is 2.14. The molecule has 3 rings (SSSR count). The number of nitrogens with zero attached hydrogens (tertiary/aromatic N) is 2. The number of hydrogen-bond acceptors (Lipinski definition) is 4. The number of piperazine rings is 1. The van der Waals surface area contributed by atoms with E-state index in [0.717, 1.165) is 31.7 Å². The molecule has 6 nitrogen and oxygen atoms in total. The molecule has 0 atom stereocenters. The lowest BCUT2D eigenvalue weighted by atomic mass is 9.87. The van der Waals surface area contributed by atoms with Crippen molar-refractivity contribution < 1.29 is 9.59 Å². The SMILES string of the molecule is CN1CCN(c2ccccc2CNC(=O)CCNC(=O)c2ccc(C(C)(C)C)cc2)CC1. The minimum atomic E-state index is -0.154. The highest BCUT2D eigenvalue weighted by atomic mass is 16.2. The molecule has 0 radical (unpaired) electrons. The van der Waals surface area contributed by atoms with E-state index in [0.29, 0.717) is 18.7 Å². The van der Waals surface area contributed by atoms with Gasteiger partial charge in [0, 0.05) is 56.9 Å². The molecule has 6 heteroatoms. The largest absolute Gasteiger partial charge is 0.369 e. The van der Waals surface area contributed by atoms with Gasteiger partial charge in [0.05, 0.1) is 0 Å². The summed E-state index contributed by atoms with van der Waals surface area (Å²) in [4.78, 5) is 29.4. The number of likely N-dealkylation sites (N-methyl/N-ethyl adjacent to an activating group) is 1.